The minimum Gasteiger partial charge on any atom is -0.452 e. The second-order valence-corrected chi connectivity index (χ2v) is 9.21. The summed E-state index contributed by atoms with van der Waals surface area (Å²) in [5.41, 5.74) is 1.73. The zero-order valence-electron chi connectivity index (χ0n) is 15.6. The van der Waals surface area contributed by atoms with Crippen LogP contribution in [-0.2, 0) is 19.4 Å². The fourth-order valence-corrected chi connectivity index (χ4v) is 5.34. The molecule has 0 aliphatic carbocycles. The molecule has 2 heterocycles. The second-order valence-electron chi connectivity index (χ2n) is 6.98. The van der Waals surface area contributed by atoms with Crippen LogP contribution in [0.4, 0.5) is 5.69 Å². The Morgan fingerprint density at radius 2 is 1.79 bits per heavy atom. The summed E-state index contributed by atoms with van der Waals surface area (Å²) in [6.45, 7) is -0.468. The third-order valence-electron chi connectivity index (χ3n) is 5.01. The lowest BCUT2D eigenvalue weighted by atomic mass is 10.1. The van der Waals surface area contributed by atoms with Crippen molar-refractivity contribution < 1.29 is 22.7 Å². The number of benzene rings is 2. The number of anilines is 1. The topological polar surface area (TPSA) is 96.5 Å². The van der Waals surface area contributed by atoms with Gasteiger partial charge in [0, 0.05) is 22.8 Å². The van der Waals surface area contributed by atoms with Gasteiger partial charge in [0.2, 0.25) is 0 Å². The molecular formula is C21H20N2O5S. The number of hydrogen-bond acceptors (Lipinski definition) is 5. The number of nitrogens with zero attached hydrogens (tertiary/aromatic N) is 1. The molecule has 0 radical (unpaired) electrons. The Hall–Kier alpha value is -3.13. The predicted octanol–water partition coefficient (Wildman–Crippen LogP) is 2.55. The van der Waals surface area contributed by atoms with Crippen LogP contribution in [0.3, 0.4) is 0 Å². The molecular weight excluding hydrogens is 392 g/mol. The van der Waals surface area contributed by atoms with E-state index in [1.807, 2.05) is 24.3 Å². The third kappa shape index (κ3) is 4.02. The van der Waals surface area contributed by atoms with Crippen molar-refractivity contribution in [2.24, 2.45) is 0 Å². The quantitative estimate of drug-likeness (QED) is 0.650. The van der Waals surface area contributed by atoms with Crippen molar-refractivity contribution in [3.05, 3.63) is 66.4 Å². The summed E-state index contributed by atoms with van der Waals surface area (Å²) in [6, 6.07) is 15.7. The molecule has 0 unspecified atom stereocenters. The standard InChI is InChI=1S/C21H20N2O5S/c24-20(13-28-21(25)18-12-22-19-9-5-4-8-17(18)19)23(15-6-2-1-3-7-15)16-10-11-29(26,27)14-16/h1-9,12,16,22H,10-11,13-14H2/t16-/m0/s1. The fourth-order valence-electron chi connectivity index (χ4n) is 3.64. The molecule has 29 heavy (non-hydrogen) atoms. The Morgan fingerprint density at radius 1 is 1.07 bits per heavy atom. The van der Waals surface area contributed by atoms with Crippen LogP contribution in [-0.4, -0.2) is 49.4 Å². The molecule has 4 rings (SSSR count). The molecule has 0 saturated carbocycles. The minimum atomic E-state index is -3.18. The van der Waals surface area contributed by atoms with Gasteiger partial charge in [-0.1, -0.05) is 36.4 Å². The van der Waals surface area contributed by atoms with Crippen molar-refractivity contribution in [2.75, 3.05) is 23.0 Å². The van der Waals surface area contributed by atoms with Crippen LogP contribution in [0.15, 0.2) is 60.8 Å². The number of nitrogens with one attached hydrogen (secondary N) is 1. The highest BCUT2D eigenvalue weighted by Crippen LogP contribution is 2.25. The average molecular weight is 412 g/mol. The van der Waals surface area contributed by atoms with E-state index in [0.717, 1.165) is 5.52 Å². The zero-order chi connectivity index (χ0) is 20.4. The largest absolute Gasteiger partial charge is 0.452 e. The molecule has 0 spiro atoms. The number of aromatic amines is 1. The first-order valence-electron chi connectivity index (χ1n) is 9.25. The number of esters is 1. The van der Waals surface area contributed by atoms with Crippen LogP contribution in [0.2, 0.25) is 0 Å². The van der Waals surface area contributed by atoms with Crippen LogP contribution < -0.4 is 4.90 Å². The molecule has 3 aromatic rings. The highest BCUT2D eigenvalue weighted by Gasteiger charge is 2.35. The Balaban J connectivity index is 1.51. The first-order valence-corrected chi connectivity index (χ1v) is 11.1. The number of H-pyrrole nitrogens is 1. The third-order valence-corrected chi connectivity index (χ3v) is 6.76. The van der Waals surface area contributed by atoms with Crippen molar-refractivity contribution >= 4 is 38.3 Å². The van der Waals surface area contributed by atoms with Crippen molar-refractivity contribution in [1.82, 2.24) is 4.98 Å². The summed E-state index contributed by atoms with van der Waals surface area (Å²) in [5, 5.41) is 0.715. The monoisotopic (exact) mass is 412 g/mol. The second kappa shape index (κ2) is 7.71. The zero-order valence-corrected chi connectivity index (χ0v) is 16.4. The van der Waals surface area contributed by atoms with Crippen molar-refractivity contribution in [2.45, 2.75) is 12.5 Å². The highest BCUT2D eigenvalue weighted by molar-refractivity contribution is 7.91. The van der Waals surface area contributed by atoms with Crippen LogP contribution >= 0.6 is 0 Å². The molecule has 8 heteroatoms. The van der Waals surface area contributed by atoms with E-state index in [-0.39, 0.29) is 11.5 Å². The van der Waals surface area contributed by atoms with Gasteiger partial charge < -0.3 is 14.6 Å². The first-order chi connectivity index (χ1) is 13.9. The fraction of sp³-hybridized carbons (Fsp3) is 0.238. The molecule has 0 bridgehead atoms. The van der Waals surface area contributed by atoms with Crippen molar-refractivity contribution in [3.63, 3.8) is 0 Å². The molecule has 1 fully saturated rings. The molecule has 1 aliphatic heterocycles. The number of carbonyl (C=O) groups excluding carboxylic acids is 2. The number of fused-ring (bicyclic) bond motifs is 1. The summed E-state index contributed by atoms with van der Waals surface area (Å²) in [7, 11) is -3.18. The van der Waals surface area contributed by atoms with Gasteiger partial charge in [-0.25, -0.2) is 13.2 Å². The molecule has 1 N–H and O–H groups in total. The summed E-state index contributed by atoms with van der Waals surface area (Å²) >= 11 is 0. The Morgan fingerprint density at radius 3 is 2.52 bits per heavy atom. The van der Waals surface area contributed by atoms with Crippen LogP contribution in [0, 0.1) is 0 Å². The summed E-state index contributed by atoms with van der Waals surface area (Å²) in [6.07, 6.45) is 1.91. The van der Waals surface area contributed by atoms with Gasteiger partial charge in [-0.15, -0.1) is 0 Å². The van der Waals surface area contributed by atoms with E-state index in [1.54, 1.807) is 36.5 Å². The lowest BCUT2D eigenvalue weighted by Gasteiger charge is -2.28. The Kier molecular flexibility index (Phi) is 5.10. The lowest BCUT2D eigenvalue weighted by Crippen LogP contribution is -2.43. The van der Waals surface area contributed by atoms with E-state index in [9.17, 15) is 18.0 Å². The van der Waals surface area contributed by atoms with Gasteiger partial charge in [0.15, 0.2) is 16.4 Å². The van der Waals surface area contributed by atoms with Gasteiger partial charge in [0.05, 0.1) is 23.1 Å². The lowest BCUT2D eigenvalue weighted by molar-refractivity contribution is -0.122. The molecule has 1 saturated heterocycles. The van der Waals surface area contributed by atoms with E-state index in [2.05, 4.69) is 4.98 Å². The highest BCUT2D eigenvalue weighted by atomic mass is 32.2. The summed E-state index contributed by atoms with van der Waals surface area (Å²) in [4.78, 5) is 29.9. The van der Waals surface area contributed by atoms with E-state index in [0.29, 0.717) is 23.1 Å². The van der Waals surface area contributed by atoms with Crippen molar-refractivity contribution in [1.29, 1.82) is 0 Å². The van der Waals surface area contributed by atoms with Crippen LogP contribution in [0.1, 0.15) is 16.8 Å². The first kappa shape index (κ1) is 19.2. The Bertz CT molecular complexity index is 1150. The maximum Gasteiger partial charge on any atom is 0.340 e. The van der Waals surface area contributed by atoms with Crippen molar-refractivity contribution in [3.8, 4) is 0 Å². The normalized spacial score (nSPS) is 17.9. The average Bonchev–Trinajstić information content (AvgIpc) is 3.30. The summed E-state index contributed by atoms with van der Waals surface area (Å²) in [5.74, 6) is -1.11. The molecule has 1 amide bonds. The number of para-hydroxylation sites is 2. The minimum absolute atomic E-state index is 0.0450. The van der Waals surface area contributed by atoms with Crippen LogP contribution in [0.25, 0.3) is 10.9 Å². The number of rotatable bonds is 5. The molecule has 1 atom stereocenters. The number of amides is 1. The molecule has 7 nitrogen and oxygen atoms in total. The maximum absolute atomic E-state index is 12.9. The van der Waals surface area contributed by atoms with E-state index < -0.39 is 34.4 Å². The SMILES string of the molecule is O=C(OCC(=O)N(c1ccccc1)[C@H]1CCS(=O)(=O)C1)c1c[nH]c2ccccc12. The van der Waals surface area contributed by atoms with Gasteiger partial charge in [-0.3, -0.25) is 4.79 Å². The number of ether oxygens (including phenoxy) is 1. The number of sulfone groups is 1. The van der Waals surface area contributed by atoms with Gasteiger partial charge in [-0.05, 0) is 24.6 Å². The van der Waals surface area contributed by atoms with Gasteiger partial charge in [-0.2, -0.15) is 0 Å². The van der Waals surface area contributed by atoms with E-state index >= 15 is 0 Å². The van der Waals surface area contributed by atoms with Gasteiger partial charge in [0.25, 0.3) is 5.91 Å². The van der Waals surface area contributed by atoms with E-state index in [4.69, 9.17) is 4.74 Å². The molecule has 1 aromatic heterocycles. The Labute approximate surface area is 168 Å². The summed E-state index contributed by atoms with van der Waals surface area (Å²) < 4.78 is 29.1. The number of carbonyl (C=O) groups is 2. The number of hydrogen-bond donors (Lipinski definition) is 1. The van der Waals surface area contributed by atoms with E-state index in [1.165, 1.54) is 4.90 Å². The smallest absolute Gasteiger partial charge is 0.340 e. The molecule has 1 aliphatic rings. The molecule has 150 valence electrons. The number of aromatic nitrogens is 1. The van der Waals surface area contributed by atoms with Gasteiger partial charge >= 0.3 is 5.97 Å². The van der Waals surface area contributed by atoms with Crippen LogP contribution in [0.5, 0.6) is 0 Å². The molecule has 2 aromatic carbocycles. The van der Waals surface area contributed by atoms with Gasteiger partial charge in [0.1, 0.15) is 0 Å². The predicted molar refractivity (Wildman–Crippen MR) is 110 cm³/mol. The maximum atomic E-state index is 12.9.